The molecule has 0 aliphatic rings. The van der Waals surface area contributed by atoms with Crippen LogP contribution in [0.15, 0.2) is 66.9 Å². The minimum atomic E-state index is -0.268. The number of hydrogen-bond donors (Lipinski definition) is 3. The van der Waals surface area contributed by atoms with Crippen LogP contribution in [0.5, 0.6) is 5.75 Å². The van der Waals surface area contributed by atoms with Crippen LogP contribution in [0.4, 0.5) is 17.1 Å². The molecular weight excluding hydrogens is 368 g/mol. The zero-order valence-electron chi connectivity index (χ0n) is 16.2. The van der Waals surface area contributed by atoms with Crippen molar-refractivity contribution in [2.45, 2.75) is 13.5 Å². The third-order valence-corrected chi connectivity index (χ3v) is 4.10. The fourth-order valence-corrected chi connectivity index (χ4v) is 2.76. The molecule has 29 heavy (non-hydrogen) atoms. The van der Waals surface area contributed by atoms with E-state index in [1.165, 1.54) is 6.92 Å². The maximum absolute atomic E-state index is 12.4. The van der Waals surface area contributed by atoms with Gasteiger partial charge in [0.15, 0.2) is 0 Å². The van der Waals surface area contributed by atoms with Crippen LogP contribution in [0.3, 0.4) is 0 Å². The Kier molecular flexibility index (Phi) is 6.42. The average molecular weight is 390 g/mol. The molecule has 0 saturated heterocycles. The van der Waals surface area contributed by atoms with Crippen molar-refractivity contribution < 1.29 is 14.3 Å². The molecule has 3 N–H and O–H groups in total. The molecule has 0 aliphatic heterocycles. The first kappa shape index (κ1) is 19.9. The zero-order chi connectivity index (χ0) is 20.6. The fraction of sp³-hybridized carbons (Fsp3) is 0.136. The molecule has 1 heterocycles. The minimum Gasteiger partial charge on any atom is -0.496 e. The van der Waals surface area contributed by atoms with Crippen molar-refractivity contribution in [2.75, 3.05) is 17.7 Å². The Morgan fingerprint density at radius 3 is 2.48 bits per heavy atom. The van der Waals surface area contributed by atoms with Gasteiger partial charge in [-0.3, -0.25) is 9.59 Å². The van der Waals surface area contributed by atoms with Crippen LogP contribution in [0, 0.1) is 0 Å². The second kappa shape index (κ2) is 9.36. The molecule has 3 aromatic rings. The molecule has 0 bridgehead atoms. The summed E-state index contributed by atoms with van der Waals surface area (Å²) < 4.78 is 5.29. The monoisotopic (exact) mass is 390 g/mol. The highest BCUT2D eigenvalue weighted by Crippen LogP contribution is 2.20. The minimum absolute atomic E-state index is 0.132. The van der Waals surface area contributed by atoms with Crippen molar-refractivity contribution in [2.24, 2.45) is 0 Å². The lowest BCUT2D eigenvalue weighted by Gasteiger charge is -2.10. The Hall–Kier alpha value is -3.87. The smallest absolute Gasteiger partial charge is 0.270 e. The van der Waals surface area contributed by atoms with Crippen LogP contribution in [0.2, 0.25) is 0 Å². The first-order valence-electron chi connectivity index (χ1n) is 9.06. The van der Waals surface area contributed by atoms with Gasteiger partial charge in [0, 0.05) is 30.4 Å². The molecule has 1 aromatic heterocycles. The number of methoxy groups -OCH3 is 1. The van der Waals surface area contributed by atoms with Crippen molar-refractivity contribution in [1.29, 1.82) is 0 Å². The van der Waals surface area contributed by atoms with Crippen molar-refractivity contribution in [3.63, 3.8) is 0 Å². The highest BCUT2D eigenvalue weighted by molar-refractivity contribution is 5.92. The number of nitrogens with one attached hydrogen (secondary N) is 3. The van der Waals surface area contributed by atoms with Crippen molar-refractivity contribution in [3.05, 3.63) is 78.1 Å². The van der Waals surface area contributed by atoms with Gasteiger partial charge in [-0.15, -0.1) is 0 Å². The van der Waals surface area contributed by atoms with E-state index in [-0.39, 0.29) is 11.8 Å². The van der Waals surface area contributed by atoms with Gasteiger partial charge in [-0.05, 0) is 36.4 Å². The molecule has 0 fully saturated rings. The van der Waals surface area contributed by atoms with Gasteiger partial charge in [-0.25, -0.2) is 4.98 Å². The summed E-state index contributed by atoms with van der Waals surface area (Å²) in [5.41, 5.74) is 3.43. The molecule has 2 aromatic carbocycles. The van der Waals surface area contributed by atoms with Gasteiger partial charge in [0.25, 0.3) is 5.91 Å². The van der Waals surface area contributed by atoms with E-state index in [0.717, 1.165) is 22.7 Å². The second-order valence-electron chi connectivity index (χ2n) is 6.31. The number of ether oxygens (including phenoxy) is 1. The van der Waals surface area contributed by atoms with Crippen LogP contribution in [0.1, 0.15) is 23.0 Å². The summed E-state index contributed by atoms with van der Waals surface area (Å²) in [6.07, 6.45) is 1.59. The molecule has 3 rings (SSSR count). The molecule has 148 valence electrons. The SMILES string of the molecule is COc1ccccc1CNC(=O)c1ccc(Nc2cccc(NC(C)=O)c2)cn1. The largest absolute Gasteiger partial charge is 0.496 e. The Labute approximate surface area is 169 Å². The van der Waals surface area contributed by atoms with E-state index in [4.69, 9.17) is 4.74 Å². The molecule has 7 heteroatoms. The van der Waals surface area contributed by atoms with Gasteiger partial charge in [0.1, 0.15) is 11.4 Å². The van der Waals surface area contributed by atoms with Crippen LogP contribution in [0.25, 0.3) is 0 Å². The number of para-hydroxylation sites is 1. The number of anilines is 3. The highest BCUT2D eigenvalue weighted by atomic mass is 16.5. The number of carbonyl (C=O) groups is 2. The maximum atomic E-state index is 12.4. The van der Waals surface area contributed by atoms with Crippen LogP contribution >= 0.6 is 0 Å². The molecular formula is C22H22N4O3. The standard InChI is InChI=1S/C22H22N4O3/c1-15(27)25-17-7-5-8-18(12-17)26-19-10-11-20(23-14-19)22(28)24-13-16-6-3-4-9-21(16)29-2/h3-12,14,26H,13H2,1-2H3,(H,24,28)(H,25,27). The molecule has 0 unspecified atom stereocenters. The van der Waals surface area contributed by atoms with E-state index in [1.807, 2.05) is 42.5 Å². The van der Waals surface area contributed by atoms with Crippen molar-refractivity contribution in [1.82, 2.24) is 10.3 Å². The summed E-state index contributed by atoms with van der Waals surface area (Å²) in [6, 6.07) is 18.3. The van der Waals surface area contributed by atoms with Gasteiger partial charge in [0.05, 0.1) is 19.0 Å². The summed E-state index contributed by atoms with van der Waals surface area (Å²) >= 11 is 0. The number of hydrogen-bond acceptors (Lipinski definition) is 5. The molecule has 0 radical (unpaired) electrons. The van der Waals surface area contributed by atoms with Gasteiger partial charge < -0.3 is 20.7 Å². The predicted molar refractivity (Wildman–Crippen MR) is 112 cm³/mol. The van der Waals surface area contributed by atoms with Gasteiger partial charge in [-0.1, -0.05) is 24.3 Å². The number of nitrogens with zero attached hydrogens (tertiary/aromatic N) is 1. The Morgan fingerprint density at radius 1 is 0.966 bits per heavy atom. The van der Waals surface area contributed by atoms with Crippen molar-refractivity contribution in [3.8, 4) is 5.75 Å². The van der Waals surface area contributed by atoms with Crippen LogP contribution in [-0.2, 0) is 11.3 Å². The van der Waals surface area contributed by atoms with E-state index in [2.05, 4.69) is 20.9 Å². The molecule has 0 aliphatic carbocycles. The Bertz CT molecular complexity index is 1000. The summed E-state index contributed by atoms with van der Waals surface area (Å²) in [5, 5.41) is 8.77. The van der Waals surface area contributed by atoms with Gasteiger partial charge in [-0.2, -0.15) is 0 Å². The van der Waals surface area contributed by atoms with E-state index in [0.29, 0.717) is 17.9 Å². The van der Waals surface area contributed by atoms with Gasteiger partial charge in [0.2, 0.25) is 5.91 Å². The third-order valence-electron chi connectivity index (χ3n) is 4.10. The first-order chi connectivity index (χ1) is 14.0. The van der Waals surface area contributed by atoms with E-state index in [1.54, 1.807) is 31.5 Å². The predicted octanol–water partition coefficient (Wildman–Crippen LogP) is 3.72. The normalized spacial score (nSPS) is 10.1. The number of aromatic nitrogens is 1. The number of rotatable bonds is 7. The van der Waals surface area contributed by atoms with Crippen LogP contribution in [-0.4, -0.2) is 23.9 Å². The Morgan fingerprint density at radius 2 is 1.76 bits per heavy atom. The van der Waals surface area contributed by atoms with Gasteiger partial charge >= 0.3 is 0 Å². The quantitative estimate of drug-likeness (QED) is 0.572. The first-order valence-corrected chi connectivity index (χ1v) is 9.06. The Balaban J connectivity index is 1.61. The average Bonchev–Trinajstić information content (AvgIpc) is 2.72. The number of benzene rings is 2. The molecule has 0 saturated carbocycles. The lowest BCUT2D eigenvalue weighted by molar-refractivity contribution is -0.114. The summed E-state index contributed by atoms with van der Waals surface area (Å²) in [4.78, 5) is 27.8. The third kappa shape index (κ3) is 5.55. The zero-order valence-corrected chi connectivity index (χ0v) is 16.2. The number of pyridine rings is 1. The van der Waals surface area contributed by atoms with Crippen LogP contribution < -0.4 is 20.7 Å². The van der Waals surface area contributed by atoms with E-state index < -0.39 is 0 Å². The lowest BCUT2D eigenvalue weighted by Crippen LogP contribution is -2.24. The second-order valence-corrected chi connectivity index (χ2v) is 6.31. The summed E-state index contributed by atoms with van der Waals surface area (Å²) in [6.45, 7) is 1.81. The number of amides is 2. The fourth-order valence-electron chi connectivity index (χ4n) is 2.76. The molecule has 2 amide bonds. The summed E-state index contributed by atoms with van der Waals surface area (Å²) in [5.74, 6) is 0.323. The number of carbonyl (C=O) groups excluding carboxylic acids is 2. The van der Waals surface area contributed by atoms with Crippen molar-refractivity contribution >= 4 is 28.9 Å². The van der Waals surface area contributed by atoms with E-state index in [9.17, 15) is 9.59 Å². The lowest BCUT2D eigenvalue weighted by atomic mass is 10.2. The topological polar surface area (TPSA) is 92.4 Å². The molecule has 0 atom stereocenters. The highest BCUT2D eigenvalue weighted by Gasteiger charge is 2.09. The van der Waals surface area contributed by atoms with E-state index >= 15 is 0 Å². The summed E-state index contributed by atoms with van der Waals surface area (Å²) in [7, 11) is 1.60. The molecule has 7 nitrogen and oxygen atoms in total. The molecule has 0 spiro atoms. The maximum Gasteiger partial charge on any atom is 0.270 e.